The van der Waals surface area contributed by atoms with E-state index in [0.29, 0.717) is 42.4 Å². The van der Waals surface area contributed by atoms with Gasteiger partial charge in [0.2, 0.25) is 10.0 Å². The molecule has 3 rings (SSSR count). The first-order chi connectivity index (χ1) is 15.4. The molecule has 1 amide bonds. The van der Waals surface area contributed by atoms with E-state index >= 15 is 0 Å². The maximum absolute atomic E-state index is 12.7. The molecule has 1 heterocycles. The van der Waals surface area contributed by atoms with Crippen LogP contribution in [0.5, 0.6) is 11.5 Å². The Bertz CT molecular complexity index is 1140. The molecule has 0 radical (unpaired) electrons. The lowest BCUT2D eigenvalue weighted by atomic mass is 10.2. The maximum Gasteiger partial charge on any atom is 0.255 e. The van der Waals surface area contributed by atoms with Crippen molar-refractivity contribution >= 4 is 33.0 Å². The number of aromatic nitrogens is 1. The molecule has 0 saturated carbocycles. The van der Waals surface area contributed by atoms with Crippen molar-refractivity contribution < 1.29 is 22.7 Å². The lowest BCUT2D eigenvalue weighted by Crippen LogP contribution is -2.30. The summed E-state index contributed by atoms with van der Waals surface area (Å²) in [5.74, 6) is 0.574. The fourth-order valence-corrected chi connectivity index (χ4v) is 5.02. The van der Waals surface area contributed by atoms with Crippen LogP contribution in [0, 0.1) is 0 Å². The molecule has 0 bridgehead atoms. The normalized spacial score (nSPS) is 11.4. The first-order valence-corrected chi connectivity index (χ1v) is 12.4. The molecular formula is C22H25N3O5S2. The Morgan fingerprint density at radius 3 is 2.41 bits per heavy atom. The molecule has 170 valence electrons. The number of benzene rings is 2. The SMILES string of the molecule is CCN(CC)S(=O)(=O)c1ccc(NC(=O)c2ccc(OCc3cscn3)c(OC)c2)cc1. The second kappa shape index (κ2) is 10.6. The van der Waals surface area contributed by atoms with Crippen LogP contribution in [0.4, 0.5) is 5.69 Å². The van der Waals surface area contributed by atoms with Crippen molar-refractivity contribution in [3.8, 4) is 11.5 Å². The molecule has 3 aromatic rings. The van der Waals surface area contributed by atoms with E-state index in [1.54, 1.807) is 49.7 Å². The van der Waals surface area contributed by atoms with Crippen molar-refractivity contribution in [2.45, 2.75) is 25.3 Å². The van der Waals surface area contributed by atoms with Crippen molar-refractivity contribution in [1.82, 2.24) is 9.29 Å². The van der Waals surface area contributed by atoms with Crippen molar-refractivity contribution in [2.75, 3.05) is 25.5 Å². The summed E-state index contributed by atoms with van der Waals surface area (Å²) in [5, 5.41) is 4.66. The Hall–Kier alpha value is -2.95. The Morgan fingerprint density at radius 1 is 1.09 bits per heavy atom. The van der Waals surface area contributed by atoms with Gasteiger partial charge in [-0.25, -0.2) is 13.4 Å². The van der Waals surface area contributed by atoms with Gasteiger partial charge in [-0.15, -0.1) is 11.3 Å². The van der Waals surface area contributed by atoms with E-state index in [4.69, 9.17) is 9.47 Å². The van der Waals surface area contributed by atoms with Gasteiger partial charge in [0.1, 0.15) is 6.61 Å². The van der Waals surface area contributed by atoms with Gasteiger partial charge in [-0.1, -0.05) is 13.8 Å². The number of hydrogen-bond donors (Lipinski definition) is 1. The van der Waals surface area contributed by atoms with Crippen molar-refractivity contribution in [2.24, 2.45) is 0 Å². The van der Waals surface area contributed by atoms with Crippen LogP contribution >= 0.6 is 11.3 Å². The van der Waals surface area contributed by atoms with Crippen molar-refractivity contribution in [3.05, 3.63) is 64.6 Å². The van der Waals surface area contributed by atoms with E-state index in [2.05, 4.69) is 10.3 Å². The zero-order valence-electron chi connectivity index (χ0n) is 18.1. The highest BCUT2D eigenvalue weighted by Gasteiger charge is 2.21. The van der Waals surface area contributed by atoms with E-state index < -0.39 is 10.0 Å². The van der Waals surface area contributed by atoms with Crippen molar-refractivity contribution in [3.63, 3.8) is 0 Å². The molecule has 32 heavy (non-hydrogen) atoms. The predicted octanol–water partition coefficient (Wildman–Crippen LogP) is 4.01. The number of hydrogen-bond acceptors (Lipinski definition) is 7. The number of anilines is 1. The van der Waals surface area contributed by atoms with Gasteiger partial charge in [-0.2, -0.15) is 4.31 Å². The van der Waals surface area contributed by atoms with E-state index in [1.807, 2.05) is 5.38 Å². The van der Waals surface area contributed by atoms with Gasteiger partial charge in [-0.05, 0) is 42.5 Å². The van der Waals surface area contributed by atoms with E-state index in [9.17, 15) is 13.2 Å². The maximum atomic E-state index is 12.7. The molecule has 0 aliphatic heterocycles. The number of carbonyl (C=O) groups excluding carboxylic acids is 1. The van der Waals surface area contributed by atoms with Gasteiger partial charge in [0.15, 0.2) is 11.5 Å². The van der Waals surface area contributed by atoms with Crippen LogP contribution in [0.3, 0.4) is 0 Å². The summed E-state index contributed by atoms with van der Waals surface area (Å²) in [4.78, 5) is 17.0. The molecule has 0 spiro atoms. The van der Waals surface area contributed by atoms with Crippen molar-refractivity contribution in [1.29, 1.82) is 0 Å². The highest BCUT2D eigenvalue weighted by atomic mass is 32.2. The standard InChI is InChI=1S/C22H25N3O5S2/c1-4-25(5-2)32(27,28)19-9-7-17(8-10-19)24-22(26)16-6-11-20(21(12-16)29-3)30-13-18-14-31-15-23-18/h6-12,14-15H,4-5,13H2,1-3H3,(H,24,26). The van der Waals surface area contributed by atoms with Gasteiger partial charge in [0.05, 0.1) is 23.2 Å². The Kier molecular flexibility index (Phi) is 7.84. The molecule has 8 nitrogen and oxygen atoms in total. The van der Waals surface area contributed by atoms with Crippen LogP contribution in [0.1, 0.15) is 29.9 Å². The molecule has 2 aromatic carbocycles. The van der Waals surface area contributed by atoms with Gasteiger partial charge in [-0.3, -0.25) is 4.79 Å². The number of nitrogens with one attached hydrogen (secondary N) is 1. The molecule has 10 heteroatoms. The number of thiazole rings is 1. The summed E-state index contributed by atoms with van der Waals surface area (Å²) in [6, 6.07) is 11.0. The number of sulfonamides is 1. The third-order valence-electron chi connectivity index (χ3n) is 4.74. The number of methoxy groups -OCH3 is 1. The lowest BCUT2D eigenvalue weighted by Gasteiger charge is -2.18. The Labute approximate surface area is 191 Å². The van der Waals surface area contributed by atoms with Crippen LogP contribution in [-0.4, -0.2) is 43.8 Å². The van der Waals surface area contributed by atoms with Gasteiger partial charge >= 0.3 is 0 Å². The quantitative estimate of drug-likeness (QED) is 0.476. The summed E-state index contributed by atoms with van der Waals surface area (Å²) in [5.41, 5.74) is 3.40. The van der Waals surface area contributed by atoms with E-state index in [1.165, 1.54) is 34.9 Å². The fourth-order valence-electron chi connectivity index (χ4n) is 3.01. The summed E-state index contributed by atoms with van der Waals surface area (Å²) >= 11 is 1.49. The summed E-state index contributed by atoms with van der Waals surface area (Å²) < 4.78 is 37.7. The van der Waals surface area contributed by atoms with Gasteiger partial charge in [0, 0.05) is 29.7 Å². The number of amides is 1. The first kappa shape index (κ1) is 23.7. The zero-order valence-corrected chi connectivity index (χ0v) is 19.7. The molecule has 0 fully saturated rings. The fraction of sp³-hybridized carbons (Fsp3) is 0.273. The average Bonchev–Trinajstić information content (AvgIpc) is 3.32. The highest BCUT2D eigenvalue weighted by molar-refractivity contribution is 7.89. The number of carbonyl (C=O) groups is 1. The third kappa shape index (κ3) is 5.45. The largest absolute Gasteiger partial charge is 0.493 e. The van der Waals surface area contributed by atoms with Crippen LogP contribution in [0.2, 0.25) is 0 Å². The van der Waals surface area contributed by atoms with Gasteiger partial charge in [0.25, 0.3) is 5.91 Å². The number of nitrogens with zero attached hydrogens (tertiary/aromatic N) is 2. The minimum absolute atomic E-state index is 0.183. The topological polar surface area (TPSA) is 97.8 Å². The van der Waals surface area contributed by atoms with Crippen LogP contribution in [-0.2, 0) is 16.6 Å². The van der Waals surface area contributed by atoms with Crippen LogP contribution in [0.25, 0.3) is 0 Å². The van der Waals surface area contributed by atoms with Crippen LogP contribution in [0.15, 0.2) is 58.3 Å². The zero-order chi connectivity index (χ0) is 23.1. The molecule has 0 aliphatic carbocycles. The Morgan fingerprint density at radius 2 is 1.81 bits per heavy atom. The molecule has 0 aliphatic rings. The number of rotatable bonds is 10. The third-order valence-corrected chi connectivity index (χ3v) is 7.44. The minimum Gasteiger partial charge on any atom is -0.493 e. The molecule has 0 unspecified atom stereocenters. The molecular weight excluding hydrogens is 450 g/mol. The smallest absolute Gasteiger partial charge is 0.255 e. The second-order valence-electron chi connectivity index (χ2n) is 6.70. The van der Waals surface area contributed by atoms with E-state index in [-0.39, 0.29) is 10.8 Å². The average molecular weight is 476 g/mol. The summed E-state index contributed by atoms with van der Waals surface area (Å²) in [7, 11) is -2.05. The van der Waals surface area contributed by atoms with Gasteiger partial charge < -0.3 is 14.8 Å². The predicted molar refractivity (Wildman–Crippen MR) is 124 cm³/mol. The molecule has 0 atom stereocenters. The first-order valence-electron chi connectivity index (χ1n) is 9.98. The molecule has 1 aromatic heterocycles. The monoisotopic (exact) mass is 475 g/mol. The molecule has 0 saturated heterocycles. The highest BCUT2D eigenvalue weighted by Crippen LogP contribution is 2.29. The Balaban J connectivity index is 1.70. The van der Waals surface area contributed by atoms with Crippen LogP contribution < -0.4 is 14.8 Å². The summed E-state index contributed by atoms with van der Waals surface area (Å²) in [6.07, 6.45) is 0. The molecule has 1 N–H and O–H groups in total. The second-order valence-corrected chi connectivity index (χ2v) is 9.36. The number of ether oxygens (including phenoxy) is 2. The minimum atomic E-state index is -3.55. The summed E-state index contributed by atoms with van der Waals surface area (Å²) in [6.45, 7) is 4.66. The lowest BCUT2D eigenvalue weighted by molar-refractivity contribution is 0.102. The van der Waals surface area contributed by atoms with E-state index in [0.717, 1.165) is 5.69 Å².